The molecule has 0 amide bonds. The lowest BCUT2D eigenvalue weighted by Gasteiger charge is -2.38. The van der Waals surface area contributed by atoms with Crippen LogP contribution >= 0.6 is 0 Å². The second-order valence-electron chi connectivity index (χ2n) is 3.90. The summed E-state index contributed by atoms with van der Waals surface area (Å²) in [6.45, 7) is 8.52. The van der Waals surface area contributed by atoms with Gasteiger partial charge in [0.25, 0.3) is 0 Å². The Kier molecular flexibility index (Phi) is 5.37. The molecule has 0 bridgehead atoms. The summed E-state index contributed by atoms with van der Waals surface area (Å²) in [6.07, 6.45) is 11.3. The highest BCUT2D eigenvalue weighted by Gasteiger charge is 2.24. The first-order chi connectivity index (χ1) is 7.33. The molecule has 0 unspecified atom stereocenters. The van der Waals surface area contributed by atoms with Crippen molar-refractivity contribution in [1.82, 2.24) is 4.90 Å². The van der Waals surface area contributed by atoms with Gasteiger partial charge in [-0.05, 0) is 19.3 Å². The van der Waals surface area contributed by atoms with Crippen LogP contribution in [0.2, 0.25) is 0 Å². The minimum atomic E-state index is 0.217. The molecule has 1 aliphatic heterocycles. The van der Waals surface area contributed by atoms with Gasteiger partial charge in [0.05, 0.1) is 6.61 Å². The molecule has 1 heterocycles. The highest BCUT2D eigenvalue weighted by molar-refractivity contribution is 5.06. The third-order valence-electron chi connectivity index (χ3n) is 2.87. The number of rotatable bonds is 6. The monoisotopic (exact) mass is 207 g/mol. The first-order valence-electron chi connectivity index (χ1n) is 5.58. The van der Waals surface area contributed by atoms with Crippen LogP contribution in [0.3, 0.4) is 0 Å². The summed E-state index contributed by atoms with van der Waals surface area (Å²) in [5.74, 6) is 0. The third-order valence-corrected chi connectivity index (χ3v) is 2.87. The molecule has 0 aromatic carbocycles. The van der Waals surface area contributed by atoms with E-state index in [-0.39, 0.29) is 6.61 Å². The molecule has 0 fully saturated rings. The number of β-amino-alcohol motifs (C(OH)–C–C–N with tert-alkyl or cyclic N) is 1. The first kappa shape index (κ1) is 12.2. The Morgan fingerprint density at radius 3 is 2.67 bits per heavy atom. The molecular weight excluding hydrogens is 186 g/mol. The van der Waals surface area contributed by atoms with E-state index in [0.717, 1.165) is 25.8 Å². The predicted octanol–water partition coefficient (Wildman–Crippen LogP) is 2.13. The normalized spacial score (nSPS) is 26.5. The summed E-state index contributed by atoms with van der Waals surface area (Å²) < 4.78 is 0. The lowest BCUT2D eigenvalue weighted by Crippen LogP contribution is -2.45. The smallest absolute Gasteiger partial charge is 0.0558 e. The maximum Gasteiger partial charge on any atom is 0.0558 e. The summed E-state index contributed by atoms with van der Waals surface area (Å²) >= 11 is 0. The van der Waals surface area contributed by atoms with Crippen molar-refractivity contribution in [3.8, 4) is 0 Å². The SMILES string of the molecule is C=CC[C@@H]1CC=C[C@@H](CC=C)N1CCO. The van der Waals surface area contributed by atoms with Gasteiger partial charge in [0.15, 0.2) is 0 Å². The maximum absolute atomic E-state index is 9.07. The molecule has 2 heteroatoms. The van der Waals surface area contributed by atoms with E-state index in [9.17, 15) is 0 Å². The zero-order valence-corrected chi connectivity index (χ0v) is 9.31. The van der Waals surface area contributed by atoms with Gasteiger partial charge in [-0.1, -0.05) is 24.3 Å². The van der Waals surface area contributed by atoms with Crippen LogP contribution in [0.25, 0.3) is 0 Å². The minimum absolute atomic E-state index is 0.217. The molecule has 2 nitrogen and oxygen atoms in total. The molecule has 0 saturated heterocycles. The fourth-order valence-corrected chi connectivity index (χ4v) is 2.18. The lowest BCUT2D eigenvalue weighted by molar-refractivity contribution is 0.117. The van der Waals surface area contributed by atoms with E-state index in [4.69, 9.17) is 5.11 Å². The Balaban J connectivity index is 2.68. The van der Waals surface area contributed by atoms with E-state index >= 15 is 0 Å². The highest BCUT2D eigenvalue weighted by atomic mass is 16.3. The number of hydrogen-bond acceptors (Lipinski definition) is 2. The Morgan fingerprint density at radius 2 is 2.07 bits per heavy atom. The van der Waals surface area contributed by atoms with E-state index in [1.54, 1.807) is 0 Å². The Labute approximate surface area is 92.6 Å². The number of aliphatic hydroxyl groups is 1. The van der Waals surface area contributed by atoms with Crippen LogP contribution in [0.1, 0.15) is 19.3 Å². The Bertz CT molecular complexity index is 235. The molecule has 15 heavy (non-hydrogen) atoms. The predicted molar refractivity (Wildman–Crippen MR) is 64.8 cm³/mol. The molecule has 1 rings (SSSR count). The minimum Gasteiger partial charge on any atom is -0.395 e. The topological polar surface area (TPSA) is 23.5 Å². The van der Waals surface area contributed by atoms with Crippen molar-refractivity contribution < 1.29 is 5.11 Å². The number of hydrogen-bond donors (Lipinski definition) is 1. The van der Waals surface area contributed by atoms with Crippen molar-refractivity contribution in [3.63, 3.8) is 0 Å². The van der Waals surface area contributed by atoms with Gasteiger partial charge in [0, 0.05) is 18.6 Å². The van der Waals surface area contributed by atoms with E-state index < -0.39 is 0 Å². The van der Waals surface area contributed by atoms with Gasteiger partial charge in [-0.2, -0.15) is 0 Å². The zero-order chi connectivity index (χ0) is 11.1. The molecule has 84 valence electrons. The second-order valence-corrected chi connectivity index (χ2v) is 3.90. The molecule has 0 radical (unpaired) electrons. The molecule has 0 aliphatic carbocycles. The molecule has 0 aromatic rings. The quantitative estimate of drug-likeness (QED) is 0.674. The van der Waals surface area contributed by atoms with E-state index in [1.165, 1.54) is 0 Å². The molecular formula is C13H21NO. The van der Waals surface area contributed by atoms with Gasteiger partial charge in [0.1, 0.15) is 0 Å². The third kappa shape index (κ3) is 3.33. The van der Waals surface area contributed by atoms with Crippen LogP contribution in [-0.4, -0.2) is 35.2 Å². The molecule has 0 aromatic heterocycles. The summed E-state index contributed by atoms with van der Waals surface area (Å²) in [6, 6.07) is 0.887. The summed E-state index contributed by atoms with van der Waals surface area (Å²) in [5.41, 5.74) is 0. The van der Waals surface area contributed by atoms with Crippen molar-refractivity contribution >= 4 is 0 Å². The number of nitrogens with zero attached hydrogens (tertiary/aromatic N) is 1. The van der Waals surface area contributed by atoms with Crippen LogP contribution in [-0.2, 0) is 0 Å². The standard InChI is InChI=1S/C13H21NO/c1-3-6-12-8-5-9-13(7-4-2)14(12)10-11-15/h3-5,8,12-13,15H,1-2,6-7,9-11H2/t12-,13-/m1/s1. The average molecular weight is 207 g/mol. The van der Waals surface area contributed by atoms with Crippen LogP contribution < -0.4 is 0 Å². The van der Waals surface area contributed by atoms with Gasteiger partial charge < -0.3 is 5.11 Å². The fraction of sp³-hybridized carbons (Fsp3) is 0.538. The summed E-state index contributed by atoms with van der Waals surface area (Å²) in [4.78, 5) is 2.35. The lowest BCUT2D eigenvalue weighted by atomic mass is 9.98. The van der Waals surface area contributed by atoms with Gasteiger partial charge >= 0.3 is 0 Å². The van der Waals surface area contributed by atoms with Crippen molar-refractivity contribution in [2.45, 2.75) is 31.3 Å². The molecule has 0 spiro atoms. The first-order valence-corrected chi connectivity index (χ1v) is 5.58. The largest absolute Gasteiger partial charge is 0.395 e. The van der Waals surface area contributed by atoms with Crippen LogP contribution in [0.4, 0.5) is 0 Å². The van der Waals surface area contributed by atoms with Crippen molar-refractivity contribution in [2.75, 3.05) is 13.2 Å². The molecule has 1 aliphatic rings. The van der Waals surface area contributed by atoms with Crippen LogP contribution in [0, 0.1) is 0 Å². The Hall–Kier alpha value is -0.860. The average Bonchev–Trinajstić information content (AvgIpc) is 2.23. The highest BCUT2D eigenvalue weighted by Crippen LogP contribution is 2.21. The van der Waals surface area contributed by atoms with Gasteiger partial charge in [-0.15, -0.1) is 13.2 Å². The van der Waals surface area contributed by atoms with Gasteiger partial charge in [-0.3, -0.25) is 4.90 Å². The maximum atomic E-state index is 9.07. The van der Waals surface area contributed by atoms with Gasteiger partial charge in [-0.25, -0.2) is 0 Å². The second kappa shape index (κ2) is 6.59. The summed E-state index contributed by atoms with van der Waals surface area (Å²) in [5, 5.41) is 9.07. The summed E-state index contributed by atoms with van der Waals surface area (Å²) in [7, 11) is 0. The number of aliphatic hydroxyl groups excluding tert-OH is 1. The van der Waals surface area contributed by atoms with Crippen molar-refractivity contribution in [2.24, 2.45) is 0 Å². The van der Waals surface area contributed by atoms with E-state index in [0.29, 0.717) is 12.1 Å². The molecule has 0 saturated carbocycles. The molecule has 1 N–H and O–H groups in total. The van der Waals surface area contributed by atoms with Crippen molar-refractivity contribution in [3.05, 3.63) is 37.5 Å². The van der Waals surface area contributed by atoms with Crippen LogP contribution in [0.15, 0.2) is 37.5 Å². The van der Waals surface area contributed by atoms with Crippen molar-refractivity contribution in [1.29, 1.82) is 0 Å². The fourth-order valence-electron chi connectivity index (χ4n) is 2.18. The zero-order valence-electron chi connectivity index (χ0n) is 9.31. The van der Waals surface area contributed by atoms with Gasteiger partial charge in [0.2, 0.25) is 0 Å². The Morgan fingerprint density at radius 1 is 1.33 bits per heavy atom. The van der Waals surface area contributed by atoms with E-state index in [2.05, 4.69) is 30.2 Å². The molecule has 2 atom stereocenters. The van der Waals surface area contributed by atoms with Crippen LogP contribution in [0.5, 0.6) is 0 Å². The van der Waals surface area contributed by atoms with E-state index in [1.807, 2.05) is 12.2 Å².